The largest absolute Gasteiger partial charge is 0.507 e. The normalized spacial score (nSPS) is 10.7. The molecule has 0 amide bonds. The number of para-hydroxylation sites is 1. The Balaban J connectivity index is 2.49. The lowest BCUT2D eigenvalue weighted by molar-refractivity contribution is 0.146. The lowest BCUT2D eigenvalue weighted by Crippen LogP contribution is -1.90. The number of hydrogen-bond donors (Lipinski definition) is 1. The number of phenolic OH excluding ortho intramolecular Hbond substituents is 1. The number of nitrogens with zero attached hydrogens (tertiary/aromatic N) is 1. The molecule has 82 valence electrons. The molecule has 16 heavy (non-hydrogen) atoms. The van der Waals surface area contributed by atoms with Gasteiger partial charge >= 0.3 is 0 Å². The van der Waals surface area contributed by atoms with Crippen molar-refractivity contribution in [2.24, 2.45) is 0 Å². The smallest absolute Gasteiger partial charge is 0.280 e. The monoisotopic (exact) mass is 221 g/mol. The summed E-state index contributed by atoms with van der Waals surface area (Å²) in [6.45, 7) is 0. The fourth-order valence-electron chi connectivity index (χ4n) is 1.45. The maximum atomic E-state index is 12.4. The van der Waals surface area contributed by atoms with Gasteiger partial charge < -0.3 is 5.11 Å². The summed E-state index contributed by atoms with van der Waals surface area (Å²) < 4.78 is 24.9. The number of alkyl halides is 2. The fourth-order valence-corrected chi connectivity index (χ4v) is 1.45. The average Bonchev–Trinajstić information content (AvgIpc) is 2.30. The first-order valence-electron chi connectivity index (χ1n) is 4.71. The van der Waals surface area contributed by atoms with Gasteiger partial charge in [-0.25, -0.2) is 8.78 Å². The first-order chi connectivity index (χ1) is 7.68. The molecule has 1 aromatic heterocycles. The first-order valence-corrected chi connectivity index (χ1v) is 4.71. The predicted octanol–water partition coefficient (Wildman–Crippen LogP) is 3.39. The quantitative estimate of drug-likeness (QED) is 0.843. The molecule has 2 aromatic rings. The number of phenols is 1. The van der Waals surface area contributed by atoms with Gasteiger partial charge in [0.15, 0.2) is 0 Å². The van der Waals surface area contributed by atoms with Crippen molar-refractivity contribution in [3.05, 3.63) is 48.3 Å². The van der Waals surface area contributed by atoms with Gasteiger partial charge in [-0.3, -0.25) is 4.98 Å². The van der Waals surface area contributed by atoms with Crippen LogP contribution >= 0.6 is 0 Å². The van der Waals surface area contributed by atoms with Gasteiger partial charge in [0.05, 0.1) is 0 Å². The molecule has 0 radical (unpaired) electrons. The van der Waals surface area contributed by atoms with Crippen LogP contribution in [0, 0.1) is 0 Å². The first kappa shape index (κ1) is 10.5. The second-order valence-electron chi connectivity index (χ2n) is 3.29. The maximum Gasteiger partial charge on any atom is 0.280 e. The van der Waals surface area contributed by atoms with E-state index >= 15 is 0 Å². The van der Waals surface area contributed by atoms with Crippen molar-refractivity contribution in [2.75, 3.05) is 0 Å². The highest BCUT2D eigenvalue weighted by molar-refractivity contribution is 5.69. The Morgan fingerprint density at radius 1 is 1.12 bits per heavy atom. The summed E-state index contributed by atoms with van der Waals surface area (Å²) >= 11 is 0. The lowest BCUT2D eigenvalue weighted by Gasteiger charge is -2.05. The molecule has 0 fully saturated rings. The Morgan fingerprint density at radius 3 is 2.56 bits per heavy atom. The summed E-state index contributed by atoms with van der Waals surface area (Å²) in [5.74, 6) is 0.0638. The number of pyridine rings is 1. The molecule has 0 atom stereocenters. The van der Waals surface area contributed by atoms with Gasteiger partial charge in [-0.15, -0.1) is 0 Å². The molecule has 0 unspecified atom stereocenters. The van der Waals surface area contributed by atoms with E-state index in [1.165, 1.54) is 18.3 Å². The molecule has 0 aliphatic carbocycles. The third-order valence-electron chi connectivity index (χ3n) is 2.22. The zero-order valence-electron chi connectivity index (χ0n) is 8.27. The highest BCUT2D eigenvalue weighted by Crippen LogP contribution is 2.30. The van der Waals surface area contributed by atoms with E-state index in [0.29, 0.717) is 11.1 Å². The lowest BCUT2D eigenvalue weighted by atomic mass is 10.1. The third-order valence-corrected chi connectivity index (χ3v) is 2.22. The Hall–Kier alpha value is -1.97. The Morgan fingerprint density at radius 2 is 1.88 bits per heavy atom. The Kier molecular flexibility index (Phi) is 2.81. The van der Waals surface area contributed by atoms with Gasteiger partial charge in [0.2, 0.25) is 0 Å². The molecule has 2 nitrogen and oxygen atoms in total. The molecule has 0 bridgehead atoms. The van der Waals surface area contributed by atoms with E-state index in [9.17, 15) is 13.9 Å². The van der Waals surface area contributed by atoms with Crippen molar-refractivity contribution in [1.82, 2.24) is 4.98 Å². The predicted molar refractivity (Wildman–Crippen MR) is 56.3 cm³/mol. The van der Waals surface area contributed by atoms with E-state index < -0.39 is 6.43 Å². The number of benzene rings is 1. The summed E-state index contributed by atoms with van der Waals surface area (Å²) in [5, 5.41) is 9.59. The van der Waals surface area contributed by atoms with Crippen LogP contribution in [-0.2, 0) is 0 Å². The summed E-state index contributed by atoms with van der Waals surface area (Å²) in [7, 11) is 0. The van der Waals surface area contributed by atoms with Crippen LogP contribution in [0.2, 0.25) is 0 Å². The number of halogens is 2. The minimum Gasteiger partial charge on any atom is -0.507 e. The van der Waals surface area contributed by atoms with E-state index in [1.54, 1.807) is 24.3 Å². The van der Waals surface area contributed by atoms with Crippen molar-refractivity contribution in [1.29, 1.82) is 0 Å². The van der Waals surface area contributed by atoms with Gasteiger partial charge in [0.1, 0.15) is 11.4 Å². The summed E-state index contributed by atoms with van der Waals surface area (Å²) in [5.41, 5.74) is 0.760. The van der Waals surface area contributed by atoms with Crippen molar-refractivity contribution < 1.29 is 13.9 Å². The van der Waals surface area contributed by atoms with Gasteiger partial charge in [0, 0.05) is 11.8 Å². The standard InChI is InChI=1S/C12H9F2NO/c13-12(14)10-7-8(5-6-15-10)9-3-1-2-4-11(9)16/h1-7,12,16H. The van der Waals surface area contributed by atoms with Gasteiger partial charge in [-0.05, 0) is 23.8 Å². The van der Waals surface area contributed by atoms with E-state index in [1.807, 2.05) is 0 Å². The van der Waals surface area contributed by atoms with E-state index in [2.05, 4.69) is 4.98 Å². The van der Waals surface area contributed by atoms with Gasteiger partial charge in [0.25, 0.3) is 6.43 Å². The molecule has 0 saturated heterocycles. The maximum absolute atomic E-state index is 12.4. The van der Waals surface area contributed by atoms with Crippen LogP contribution in [0.25, 0.3) is 11.1 Å². The van der Waals surface area contributed by atoms with Crippen LogP contribution in [0.3, 0.4) is 0 Å². The zero-order chi connectivity index (χ0) is 11.5. The summed E-state index contributed by atoms with van der Waals surface area (Å²) in [4.78, 5) is 3.56. The average molecular weight is 221 g/mol. The molecule has 1 aromatic carbocycles. The molecular weight excluding hydrogens is 212 g/mol. The second kappa shape index (κ2) is 4.26. The molecule has 0 aliphatic heterocycles. The van der Waals surface area contributed by atoms with Crippen LogP contribution in [0.4, 0.5) is 8.78 Å². The van der Waals surface area contributed by atoms with Gasteiger partial charge in [-0.2, -0.15) is 0 Å². The topological polar surface area (TPSA) is 33.1 Å². The molecule has 1 N–H and O–H groups in total. The molecule has 0 saturated carbocycles. The highest BCUT2D eigenvalue weighted by atomic mass is 19.3. The minimum absolute atomic E-state index is 0.0638. The molecule has 0 aliphatic rings. The van der Waals surface area contributed by atoms with E-state index in [-0.39, 0.29) is 11.4 Å². The molecular formula is C12H9F2NO. The number of rotatable bonds is 2. The zero-order valence-corrected chi connectivity index (χ0v) is 8.27. The SMILES string of the molecule is Oc1ccccc1-c1ccnc(C(F)F)c1. The second-order valence-corrected chi connectivity index (χ2v) is 3.29. The van der Waals surface area contributed by atoms with Crippen LogP contribution < -0.4 is 0 Å². The molecule has 4 heteroatoms. The Labute approximate surface area is 91.2 Å². The van der Waals surface area contributed by atoms with Crippen molar-refractivity contribution in [3.63, 3.8) is 0 Å². The highest BCUT2D eigenvalue weighted by Gasteiger charge is 2.10. The van der Waals surface area contributed by atoms with Crippen molar-refractivity contribution in [2.45, 2.75) is 6.43 Å². The van der Waals surface area contributed by atoms with Gasteiger partial charge in [-0.1, -0.05) is 18.2 Å². The van der Waals surface area contributed by atoms with Crippen LogP contribution in [0.15, 0.2) is 42.6 Å². The molecule has 2 rings (SSSR count). The summed E-state index contributed by atoms with van der Waals surface area (Å²) in [6.07, 6.45) is -1.30. The fraction of sp³-hybridized carbons (Fsp3) is 0.0833. The van der Waals surface area contributed by atoms with Crippen LogP contribution in [0.5, 0.6) is 5.75 Å². The molecule has 1 heterocycles. The molecule has 0 spiro atoms. The third kappa shape index (κ3) is 2.00. The van der Waals surface area contributed by atoms with E-state index in [4.69, 9.17) is 0 Å². The van der Waals surface area contributed by atoms with Crippen molar-refractivity contribution in [3.8, 4) is 16.9 Å². The minimum atomic E-state index is -2.61. The van der Waals surface area contributed by atoms with E-state index in [0.717, 1.165) is 0 Å². The van der Waals surface area contributed by atoms with Crippen LogP contribution in [0.1, 0.15) is 12.1 Å². The summed E-state index contributed by atoms with van der Waals surface area (Å²) in [6, 6.07) is 9.45. The van der Waals surface area contributed by atoms with Crippen LogP contribution in [-0.4, -0.2) is 10.1 Å². The number of aromatic nitrogens is 1. The number of aromatic hydroxyl groups is 1. The Bertz CT molecular complexity index is 500. The van der Waals surface area contributed by atoms with Crippen molar-refractivity contribution >= 4 is 0 Å². The number of hydrogen-bond acceptors (Lipinski definition) is 2.